The van der Waals surface area contributed by atoms with Gasteiger partial charge < -0.3 is 15.3 Å². The molecule has 3 heteroatoms. The molecule has 0 spiro atoms. The number of aliphatic hydroxyl groups is 3. The molecular formula is C19H30O3. The lowest BCUT2D eigenvalue weighted by Crippen LogP contribution is -2.58. The summed E-state index contributed by atoms with van der Waals surface area (Å²) in [7, 11) is 0. The van der Waals surface area contributed by atoms with Crippen LogP contribution in [-0.4, -0.2) is 33.1 Å². The Bertz CT molecular complexity index is 515. The van der Waals surface area contributed by atoms with Crippen molar-refractivity contribution in [1.29, 1.82) is 0 Å². The normalized spacial score (nSPS) is 57.6. The third kappa shape index (κ3) is 1.68. The molecule has 0 radical (unpaired) electrons. The molecule has 3 saturated carbocycles. The van der Waals surface area contributed by atoms with E-state index in [0.717, 1.165) is 51.4 Å². The topological polar surface area (TPSA) is 60.7 Å². The molecule has 3 N–H and O–H groups in total. The van der Waals surface area contributed by atoms with Crippen molar-refractivity contribution < 1.29 is 15.3 Å². The molecule has 0 bridgehead atoms. The molecule has 0 aromatic heterocycles. The molecule has 3 nitrogen and oxygen atoms in total. The maximum atomic E-state index is 11.5. The lowest BCUT2D eigenvalue weighted by atomic mass is 9.48. The number of hydrogen-bond donors (Lipinski definition) is 3. The summed E-state index contributed by atoms with van der Waals surface area (Å²) in [6.45, 7) is 4.44. The number of rotatable bonds is 0. The van der Waals surface area contributed by atoms with E-state index < -0.39 is 5.60 Å². The fourth-order valence-corrected chi connectivity index (χ4v) is 6.44. The Morgan fingerprint density at radius 3 is 2.59 bits per heavy atom. The van der Waals surface area contributed by atoms with Crippen LogP contribution in [0, 0.1) is 22.7 Å². The molecule has 4 aliphatic rings. The molecule has 0 aromatic rings. The van der Waals surface area contributed by atoms with Gasteiger partial charge in [-0.3, -0.25) is 0 Å². The van der Waals surface area contributed by atoms with E-state index in [4.69, 9.17) is 0 Å². The minimum atomic E-state index is -0.736. The van der Waals surface area contributed by atoms with E-state index in [-0.39, 0.29) is 29.0 Å². The van der Waals surface area contributed by atoms with Crippen molar-refractivity contribution in [3.8, 4) is 0 Å². The molecule has 124 valence electrons. The summed E-state index contributed by atoms with van der Waals surface area (Å²) in [5.74, 6) is 0.762. The van der Waals surface area contributed by atoms with Gasteiger partial charge >= 0.3 is 0 Å². The molecule has 0 amide bonds. The van der Waals surface area contributed by atoms with Gasteiger partial charge in [-0.15, -0.1) is 0 Å². The van der Waals surface area contributed by atoms with Crippen LogP contribution in [0.15, 0.2) is 11.6 Å². The zero-order chi connectivity index (χ0) is 15.8. The van der Waals surface area contributed by atoms with Gasteiger partial charge in [-0.05, 0) is 62.7 Å². The molecule has 0 heterocycles. The van der Waals surface area contributed by atoms with Crippen LogP contribution in [0.3, 0.4) is 0 Å². The fourth-order valence-electron chi connectivity index (χ4n) is 6.44. The molecule has 0 aliphatic heterocycles. The largest absolute Gasteiger partial charge is 0.393 e. The maximum Gasteiger partial charge on any atom is 0.0794 e. The molecule has 0 saturated heterocycles. The van der Waals surface area contributed by atoms with Crippen LogP contribution >= 0.6 is 0 Å². The molecule has 0 aromatic carbocycles. The quantitative estimate of drug-likeness (QED) is 0.603. The minimum Gasteiger partial charge on any atom is -0.393 e. The highest BCUT2D eigenvalue weighted by Crippen LogP contribution is 2.65. The van der Waals surface area contributed by atoms with E-state index in [1.54, 1.807) is 0 Å². The van der Waals surface area contributed by atoms with Gasteiger partial charge in [-0.25, -0.2) is 0 Å². The molecule has 4 aliphatic carbocycles. The molecule has 1 unspecified atom stereocenters. The lowest BCUT2D eigenvalue weighted by molar-refractivity contribution is -0.143. The molecule has 7 atom stereocenters. The number of aliphatic hydroxyl groups excluding tert-OH is 2. The average molecular weight is 306 g/mol. The zero-order valence-electron chi connectivity index (χ0n) is 13.9. The predicted molar refractivity (Wildman–Crippen MR) is 85.2 cm³/mol. The van der Waals surface area contributed by atoms with Gasteiger partial charge in [0.05, 0.1) is 17.8 Å². The van der Waals surface area contributed by atoms with E-state index in [0.29, 0.717) is 5.92 Å². The number of fused-ring (bicyclic) bond motifs is 5. The highest BCUT2D eigenvalue weighted by atomic mass is 16.3. The summed E-state index contributed by atoms with van der Waals surface area (Å²) in [6.07, 6.45) is 9.04. The van der Waals surface area contributed by atoms with Crippen molar-refractivity contribution in [2.24, 2.45) is 22.7 Å². The van der Waals surface area contributed by atoms with Crippen molar-refractivity contribution >= 4 is 0 Å². The van der Waals surface area contributed by atoms with Crippen molar-refractivity contribution in [3.05, 3.63) is 11.6 Å². The summed E-state index contributed by atoms with van der Waals surface area (Å²) in [4.78, 5) is 0. The fraction of sp³-hybridized carbons (Fsp3) is 0.895. The Balaban J connectivity index is 1.75. The van der Waals surface area contributed by atoms with Crippen LogP contribution in [0.1, 0.15) is 65.2 Å². The Morgan fingerprint density at radius 1 is 1.05 bits per heavy atom. The second-order valence-electron chi connectivity index (χ2n) is 8.93. The van der Waals surface area contributed by atoms with E-state index in [1.165, 1.54) is 5.57 Å². The molecule has 22 heavy (non-hydrogen) atoms. The first-order chi connectivity index (χ1) is 10.3. The second kappa shape index (κ2) is 4.58. The van der Waals surface area contributed by atoms with Crippen LogP contribution in [0.2, 0.25) is 0 Å². The first-order valence-electron chi connectivity index (χ1n) is 9.10. The van der Waals surface area contributed by atoms with Crippen molar-refractivity contribution in [1.82, 2.24) is 0 Å². The van der Waals surface area contributed by atoms with Crippen LogP contribution in [0.5, 0.6) is 0 Å². The van der Waals surface area contributed by atoms with Crippen LogP contribution < -0.4 is 0 Å². The molecule has 3 fully saturated rings. The standard InChI is InChI=1S/C19H30O3/c1-17-8-5-13(20)11-12(17)3-4-15-14(17)6-9-18(2)16(21)7-10-19(15,18)22/h6,12-13,15-16,20-22H,3-5,7-11H2,1-2H3/t12?,13-,15+,16-,17-,18+,19-/m0/s1. The third-order valence-electron chi connectivity index (χ3n) is 8.14. The Hall–Kier alpha value is -0.380. The highest BCUT2D eigenvalue weighted by Gasteiger charge is 2.64. The summed E-state index contributed by atoms with van der Waals surface area (Å²) in [5, 5.41) is 32.0. The lowest BCUT2D eigenvalue weighted by Gasteiger charge is -2.59. The number of hydrogen-bond acceptors (Lipinski definition) is 3. The van der Waals surface area contributed by atoms with Gasteiger partial charge in [-0.2, -0.15) is 0 Å². The van der Waals surface area contributed by atoms with Gasteiger partial charge in [0.1, 0.15) is 0 Å². The Morgan fingerprint density at radius 2 is 1.82 bits per heavy atom. The van der Waals surface area contributed by atoms with E-state index in [2.05, 4.69) is 19.9 Å². The van der Waals surface area contributed by atoms with Crippen LogP contribution in [0.25, 0.3) is 0 Å². The highest BCUT2D eigenvalue weighted by molar-refractivity contribution is 5.33. The Labute approximate surface area is 133 Å². The third-order valence-corrected chi connectivity index (χ3v) is 8.14. The molecular weight excluding hydrogens is 276 g/mol. The zero-order valence-corrected chi connectivity index (χ0v) is 13.9. The summed E-state index contributed by atoms with van der Waals surface area (Å²) < 4.78 is 0. The van der Waals surface area contributed by atoms with Gasteiger partial charge in [0.15, 0.2) is 0 Å². The summed E-state index contributed by atoms with van der Waals surface area (Å²) in [6, 6.07) is 0. The SMILES string of the molecule is C[C@]12CC[C@H](O)CC1CC[C@@H]1C2=CC[C@]2(C)[C@@H](O)CC[C@]12O. The van der Waals surface area contributed by atoms with Gasteiger partial charge in [0, 0.05) is 11.3 Å². The van der Waals surface area contributed by atoms with Crippen molar-refractivity contribution in [3.63, 3.8) is 0 Å². The van der Waals surface area contributed by atoms with Gasteiger partial charge in [0.25, 0.3) is 0 Å². The molecule has 4 rings (SSSR count). The Kier molecular flexibility index (Phi) is 3.16. The van der Waals surface area contributed by atoms with Gasteiger partial charge in [0.2, 0.25) is 0 Å². The van der Waals surface area contributed by atoms with E-state index in [9.17, 15) is 15.3 Å². The van der Waals surface area contributed by atoms with Crippen LogP contribution in [0.4, 0.5) is 0 Å². The smallest absolute Gasteiger partial charge is 0.0794 e. The van der Waals surface area contributed by atoms with Crippen LogP contribution in [-0.2, 0) is 0 Å². The van der Waals surface area contributed by atoms with E-state index in [1.807, 2.05) is 0 Å². The van der Waals surface area contributed by atoms with Crippen molar-refractivity contribution in [2.45, 2.75) is 83.0 Å². The van der Waals surface area contributed by atoms with E-state index >= 15 is 0 Å². The number of allylic oxidation sites excluding steroid dienone is 1. The summed E-state index contributed by atoms with van der Waals surface area (Å²) in [5.41, 5.74) is 0.482. The van der Waals surface area contributed by atoms with Crippen molar-refractivity contribution in [2.75, 3.05) is 0 Å². The van der Waals surface area contributed by atoms with Gasteiger partial charge in [-0.1, -0.05) is 25.5 Å². The average Bonchev–Trinajstić information content (AvgIpc) is 2.72. The maximum absolute atomic E-state index is 11.5. The first-order valence-corrected chi connectivity index (χ1v) is 9.10. The minimum absolute atomic E-state index is 0.138. The monoisotopic (exact) mass is 306 g/mol. The first kappa shape index (κ1) is 15.2. The second-order valence-corrected chi connectivity index (χ2v) is 8.93. The predicted octanol–water partition coefficient (Wildman–Crippen LogP) is 2.79. The summed E-state index contributed by atoms with van der Waals surface area (Å²) >= 11 is 0.